The van der Waals surface area contributed by atoms with Crippen molar-refractivity contribution in [3.05, 3.63) is 82.9 Å². The molecule has 4 aromatic heterocycles. The van der Waals surface area contributed by atoms with E-state index in [9.17, 15) is 9.18 Å². The molecule has 0 aliphatic carbocycles. The van der Waals surface area contributed by atoms with Gasteiger partial charge < -0.3 is 5.32 Å². The molecule has 0 spiro atoms. The second kappa shape index (κ2) is 8.14. The molecule has 0 unspecified atom stereocenters. The molecule has 0 atom stereocenters. The first-order chi connectivity index (χ1) is 15.9. The number of amides is 1. The number of halogens is 2. The largest absolute Gasteiger partial charge is 0.318 e. The zero-order valence-corrected chi connectivity index (χ0v) is 18.5. The maximum Gasteiger partial charge on any atom is 0.276 e. The number of hydrogen-bond acceptors (Lipinski definition) is 5. The monoisotopic (exact) mass is 464 g/mol. The number of nitrogens with zero attached hydrogens (tertiary/aromatic N) is 7. The van der Waals surface area contributed by atoms with Crippen LogP contribution in [0.2, 0.25) is 5.02 Å². The van der Waals surface area contributed by atoms with Crippen molar-refractivity contribution in [2.24, 2.45) is 7.05 Å². The van der Waals surface area contributed by atoms with E-state index < -0.39 is 11.7 Å². The quantitative estimate of drug-likeness (QED) is 0.427. The molecule has 0 aliphatic heterocycles. The second-order valence-corrected chi connectivity index (χ2v) is 7.92. The van der Waals surface area contributed by atoms with Crippen molar-refractivity contribution in [1.82, 2.24) is 34.2 Å². The number of fused-ring (bicyclic) bond motifs is 1. The molecule has 5 rings (SSSR count). The van der Waals surface area contributed by atoms with Crippen LogP contribution < -0.4 is 5.32 Å². The highest BCUT2D eigenvalue weighted by atomic mass is 35.5. The average molecular weight is 465 g/mol. The normalized spacial score (nSPS) is 11.3. The lowest BCUT2D eigenvalue weighted by molar-refractivity contribution is 0.102. The lowest BCUT2D eigenvalue weighted by Crippen LogP contribution is -2.12. The minimum Gasteiger partial charge on any atom is -0.318 e. The number of nitrogens with one attached hydrogen (secondary N) is 1. The van der Waals surface area contributed by atoms with E-state index in [1.54, 1.807) is 44.6 Å². The number of aryl methyl sites for hydroxylation is 1. The highest BCUT2D eigenvalue weighted by Gasteiger charge is 2.17. The molecule has 166 valence electrons. The van der Waals surface area contributed by atoms with Crippen LogP contribution in [0.4, 0.5) is 10.1 Å². The van der Waals surface area contributed by atoms with E-state index in [4.69, 9.17) is 11.6 Å². The Morgan fingerprint density at radius 2 is 2.03 bits per heavy atom. The van der Waals surface area contributed by atoms with Gasteiger partial charge in [-0.3, -0.25) is 14.2 Å². The lowest BCUT2D eigenvalue weighted by Gasteiger charge is -2.04. The van der Waals surface area contributed by atoms with Crippen molar-refractivity contribution in [3.8, 4) is 11.3 Å². The van der Waals surface area contributed by atoms with Gasteiger partial charge in [-0.15, -0.1) is 0 Å². The maximum absolute atomic E-state index is 13.2. The number of hydrogen-bond donors (Lipinski definition) is 1. The molecule has 0 saturated heterocycles. The molecule has 9 nitrogen and oxygen atoms in total. The van der Waals surface area contributed by atoms with Crippen molar-refractivity contribution in [1.29, 1.82) is 0 Å². The Morgan fingerprint density at radius 3 is 2.79 bits per heavy atom. The van der Waals surface area contributed by atoms with Crippen molar-refractivity contribution in [2.45, 2.75) is 13.5 Å². The fraction of sp³-hybridized carbons (Fsp3) is 0.136. The van der Waals surface area contributed by atoms with E-state index in [0.29, 0.717) is 28.5 Å². The Kier molecular flexibility index (Phi) is 5.14. The van der Waals surface area contributed by atoms with Crippen LogP contribution in [0.3, 0.4) is 0 Å². The standard InChI is InChI=1S/C22H18ClFN8O/c1-13-17(10-26-30(13)2)20-5-6-25-21-8-19(29-32(20)21)22(33)28-16-9-27-31(12-16)11-14-3-4-15(24)7-18(14)23/h3-10,12H,11H2,1-2H3,(H,28,33). The highest BCUT2D eigenvalue weighted by Crippen LogP contribution is 2.23. The van der Waals surface area contributed by atoms with Gasteiger partial charge in [-0.05, 0) is 30.7 Å². The zero-order chi connectivity index (χ0) is 23.1. The van der Waals surface area contributed by atoms with Crippen molar-refractivity contribution >= 4 is 28.8 Å². The van der Waals surface area contributed by atoms with Crippen LogP contribution in [0.5, 0.6) is 0 Å². The van der Waals surface area contributed by atoms with Gasteiger partial charge in [0, 0.05) is 41.8 Å². The molecular weight excluding hydrogens is 447 g/mol. The SMILES string of the molecule is Cc1c(-c2ccnc3cc(C(=O)Nc4cnn(Cc5ccc(F)cc5Cl)c4)nn23)cnn1C. The van der Waals surface area contributed by atoms with E-state index >= 15 is 0 Å². The van der Waals surface area contributed by atoms with Gasteiger partial charge >= 0.3 is 0 Å². The topological polar surface area (TPSA) is 94.9 Å². The molecule has 4 heterocycles. The Morgan fingerprint density at radius 1 is 1.18 bits per heavy atom. The number of carbonyl (C=O) groups is 1. The Labute approximate surface area is 192 Å². The van der Waals surface area contributed by atoms with Gasteiger partial charge in [0.15, 0.2) is 11.3 Å². The lowest BCUT2D eigenvalue weighted by atomic mass is 10.2. The smallest absolute Gasteiger partial charge is 0.276 e. The Hall–Kier alpha value is -4.05. The van der Waals surface area contributed by atoms with Gasteiger partial charge in [0.1, 0.15) is 5.82 Å². The third-order valence-corrected chi connectivity index (χ3v) is 5.69. The number of carbonyl (C=O) groups excluding carboxylic acids is 1. The summed E-state index contributed by atoms with van der Waals surface area (Å²) in [6.45, 7) is 2.30. The summed E-state index contributed by atoms with van der Waals surface area (Å²) < 4.78 is 18.2. The zero-order valence-electron chi connectivity index (χ0n) is 17.7. The predicted octanol–water partition coefficient (Wildman–Crippen LogP) is 3.73. The van der Waals surface area contributed by atoms with Crippen LogP contribution in [0, 0.1) is 12.7 Å². The van der Waals surface area contributed by atoms with Crippen molar-refractivity contribution in [3.63, 3.8) is 0 Å². The summed E-state index contributed by atoms with van der Waals surface area (Å²) in [5, 5.41) is 16.1. The van der Waals surface area contributed by atoms with E-state index in [0.717, 1.165) is 17.0 Å². The summed E-state index contributed by atoms with van der Waals surface area (Å²) in [6.07, 6.45) is 6.61. The molecule has 1 amide bonds. The van der Waals surface area contributed by atoms with Gasteiger partial charge in [-0.1, -0.05) is 17.7 Å². The Bertz CT molecular complexity index is 1500. The van der Waals surface area contributed by atoms with Crippen LogP contribution in [0.1, 0.15) is 21.7 Å². The average Bonchev–Trinajstić information content (AvgIpc) is 3.50. The van der Waals surface area contributed by atoms with Gasteiger partial charge in [-0.25, -0.2) is 13.9 Å². The van der Waals surface area contributed by atoms with Crippen LogP contribution in [0.15, 0.2) is 55.1 Å². The summed E-state index contributed by atoms with van der Waals surface area (Å²) in [5.74, 6) is -0.797. The fourth-order valence-corrected chi connectivity index (χ4v) is 3.72. The van der Waals surface area contributed by atoms with Crippen LogP contribution in [0.25, 0.3) is 16.9 Å². The molecule has 0 radical (unpaired) electrons. The number of rotatable bonds is 5. The summed E-state index contributed by atoms with van der Waals surface area (Å²) in [6, 6.07) is 7.64. The molecule has 1 aromatic carbocycles. The third-order valence-electron chi connectivity index (χ3n) is 5.34. The van der Waals surface area contributed by atoms with E-state index in [-0.39, 0.29) is 5.69 Å². The molecule has 33 heavy (non-hydrogen) atoms. The molecule has 11 heteroatoms. The minimum absolute atomic E-state index is 0.214. The fourth-order valence-electron chi connectivity index (χ4n) is 3.49. The summed E-state index contributed by atoms with van der Waals surface area (Å²) in [7, 11) is 1.86. The number of anilines is 1. The van der Waals surface area contributed by atoms with Gasteiger partial charge in [0.05, 0.1) is 30.3 Å². The van der Waals surface area contributed by atoms with E-state index in [1.165, 1.54) is 18.3 Å². The first-order valence-corrected chi connectivity index (χ1v) is 10.4. The summed E-state index contributed by atoms with van der Waals surface area (Å²) in [5.41, 5.74) is 4.62. The van der Waals surface area contributed by atoms with Crippen molar-refractivity contribution in [2.75, 3.05) is 5.32 Å². The molecule has 0 fully saturated rings. The first kappa shape index (κ1) is 20.8. The molecular formula is C22H18ClFN8O. The van der Waals surface area contributed by atoms with Crippen LogP contribution >= 0.6 is 11.6 Å². The van der Waals surface area contributed by atoms with Gasteiger partial charge in [0.25, 0.3) is 5.91 Å². The number of benzene rings is 1. The summed E-state index contributed by atoms with van der Waals surface area (Å²) in [4.78, 5) is 17.1. The molecule has 5 aromatic rings. The minimum atomic E-state index is -0.402. The van der Waals surface area contributed by atoms with Crippen LogP contribution in [-0.2, 0) is 13.6 Å². The Balaban J connectivity index is 1.37. The molecule has 0 aliphatic rings. The second-order valence-electron chi connectivity index (χ2n) is 7.51. The van der Waals surface area contributed by atoms with Crippen molar-refractivity contribution < 1.29 is 9.18 Å². The van der Waals surface area contributed by atoms with Crippen LogP contribution in [-0.4, -0.2) is 40.1 Å². The first-order valence-electron chi connectivity index (χ1n) is 10.0. The third kappa shape index (κ3) is 3.96. The molecule has 0 saturated carbocycles. The molecule has 1 N–H and O–H groups in total. The maximum atomic E-state index is 13.2. The summed E-state index contributed by atoms with van der Waals surface area (Å²) >= 11 is 6.08. The predicted molar refractivity (Wildman–Crippen MR) is 121 cm³/mol. The number of aromatic nitrogens is 7. The van der Waals surface area contributed by atoms with Gasteiger partial charge in [-0.2, -0.15) is 15.3 Å². The van der Waals surface area contributed by atoms with E-state index in [2.05, 4.69) is 25.6 Å². The van der Waals surface area contributed by atoms with E-state index in [1.807, 2.05) is 20.0 Å². The molecule has 0 bridgehead atoms. The highest BCUT2D eigenvalue weighted by molar-refractivity contribution is 6.31. The van der Waals surface area contributed by atoms with Gasteiger partial charge in [0.2, 0.25) is 0 Å².